The van der Waals surface area contributed by atoms with Gasteiger partial charge in [0.25, 0.3) is 0 Å². The first-order chi connectivity index (χ1) is 6.68. The Bertz CT molecular complexity index is 380. The fourth-order valence-corrected chi connectivity index (χ4v) is 0.306. The smallest absolute Gasteiger partial charge is 0.118 e. The molecular weight excluding hydrogens is 100 g/mol. The van der Waals surface area contributed by atoms with Crippen molar-refractivity contribution in [2.45, 2.75) is 6.85 Å². The molecule has 1 aromatic carbocycles. The molecule has 0 aliphatic carbocycles. The molecule has 1 aromatic rings. The molecule has 0 saturated heterocycles. The molecule has 0 amide bonds. The topological polar surface area (TPSA) is 20.2 Å². The zero-order valence-electron chi connectivity index (χ0n) is 10.9. The molecular formula is C7H8O. The van der Waals surface area contributed by atoms with Gasteiger partial charge in [0.05, 0.1) is 5.48 Å². The summed E-state index contributed by atoms with van der Waals surface area (Å²) in [6.45, 7) is -2.76. The van der Waals surface area contributed by atoms with Crippen LogP contribution >= 0.6 is 0 Å². The summed E-state index contributed by atoms with van der Waals surface area (Å²) in [5, 5.41) is 9.35. The van der Waals surface area contributed by atoms with Gasteiger partial charge in [-0.1, -0.05) is 18.1 Å². The van der Waals surface area contributed by atoms with Crippen LogP contribution in [0.25, 0.3) is 0 Å². The van der Waals surface area contributed by atoms with Crippen molar-refractivity contribution >= 4 is 0 Å². The molecule has 0 atom stereocenters. The summed E-state index contributed by atoms with van der Waals surface area (Å²) in [6.07, 6.45) is 0. The van der Waals surface area contributed by atoms with Crippen LogP contribution in [0.2, 0.25) is 0 Å². The fraction of sp³-hybridized carbons (Fsp3) is 0.143. The normalized spacial score (nSPS) is 23.2. The van der Waals surface area contributed by atoms with E-state index in [-0.39, 0.29) is 0 Å². The lowest BCUT2D eigenvalue weighted by Crippen LogP contribution is -1.68. The van der Waals surface area contributed by atoms with Crippen LogP contribution in [0.15, 0.2) is 24.2 Å². The Morgan fingerprint density at radius 1 is 1.62 bits per heavy atom. The van der Waals surface area contributed by atoms with E-state index in [0.29, 0.717) is 0 Å². The highest BCUT2D eigenvalue weighted by molar-refractivity contribution is 5.29. The summed E-state index contributed by atoms with van der Waals surface area (Å²) >= 11 is 0. The van der Waals surface area contributed by atoms with Crippen LogP contribution in [-0.2, 0) is 0 Å². The van der Waals surface area contributed by atoms with E-state index in [4.69, 9.17) is 9.60 Å². The summed E-state index contributed by atoms with van der Waals surface area (Å²) < 4.78 is 50.1. The number of para-hydroxylation sites is 1. The van der Waals surface area contributed by atoms with Gasteiger partial charge in [0, 0.05) is 4.11 Å². The Labute approximate surface area is 58.4 Å². The molecule has 0 aliphatic rings. The van der Waals surface area contributed by atoms with E-state index in [1.54, 1.807) is 0 Å². The van der Waals surface area contributed by atoms with Crippen LogP contribution < -0.4 is 0 Å². The molecule has 42 valence electrons. The van der Waals surface area contributed by atoms with E-state index in [9.17, 15) is 5.11 Å². The van der Waals surface area contributed by atoms with Gasteiger partial charge in [-0.2, -0.15) is 0 Å². The quantitative estimate of drug-likeness (QED) is 0.545. The highest BCUT2D eigenvalue weighted by Crippen LogP contribution is 2.12. The Balaban J connectivity index is 3.68. The van der Waals surface area contributed by atoms with Crippen molar-refractivity contribution in [3.05, 3.63) is 29.7 Å². The van der Waals surface area contributed by atoms with Gasteiger partial charge in [-0.25, -0.2) is 0 Å². The van der Waals surface area contributed by atoms with Gasteiger partial charge in [0.15, 0.2) is 0 Å². The van der Waals surface area contributed by atoms with Gasteiger partial charge in [0.2, 0.25) is 0 Å². The zero-order valence-corrected chi connectivity index (χ0v) is 3.95. The van der Waals surface area contributed by atoms with E-state index in [1.165, 1.54) is 0 Å². The van der Waals surface area contributed by atoms with Crippen molar-refractivity contribution in [1.82, 2.24) is 0 Å². The average molecular weight is 115 g/mol. The van der Waals surface area contributed by atoms with Gasteiger partial charge in [-0.05, 0) is 18.5 Å². The molecule has 1 rings (SSSR count). The van der Waals surface area contributed by atoms with Gasteiger partial charge in [-0.3, -0.25) is 0 Å². The van der Waals surface area contributed by atoms with Gasteiger partial charge < -0.3 is 5.11 Å². The summed E-state index contributed by atoms with van der Waals surface area (Å²) in [7, 11) is 0. The van der Waals surface area contributed by atoms with Crippen molar-refractivity contribution in [3.63, 3.8) is 0 Å². The minimum absolute atomic E-state index is 0.648. The molecule has 1 nitrogen and oxygen atoms in total. The minimum atomic E-state index is -2.76. The molecule has 0 radical (unpaired) electrons. The van der Waals surface area contributed by atoms with Crippen LogP contribution in [0.1, 0.15) is 15.2 Å². The molecule has 8 heavy (non-hydrogen) atoms. The number of benzene rings is 1. The Hall–Kier alpha value is -0.980. The molecule has 0 fully saturated rings. The second-order valence-electron chi connectivity index (χ2n) is 1.22. The predicted molar refractivity (Wildman–Crippen MR) is 32.8 cm³/mol. The number of phenolic OH excluding ortho intramolecular Hbond substituents is 1. The van der Waals surface area contributed by atoms with E-state index in [1.807, 2.05) is 0 Å². The lowest BCUT2D eigenvalue weighted by atomic mass is 10.2. The maximum atomic E-state index is 9.35. The van der Waals surface area contributed by atoms with Crippen LogP contribution in [0.5, 0.6) is 5.75 Å². The molecule has 1 heteroatoms. The third-order valence-electron chi connectivity index (χ3n) is 0.668. The Morgan fingerprint density at radius 3 is 3.12 bits per heavy atom. The van der Waals surface area contributed by atoms with Crippen LogP contribution in [0.4, 0.5) is 0 Å². The van der Waals surface area contributed by atoms with Gasteiger partial charge in [0.1, 0.15) is 5.75 Å². The van der Waals surface area contributed by atoms with Crippen molar-refractivity contribution in [3.8, 4) is 5.75 Å². The maximum Gasteiger partial charge on any atom is 0.118 e. The lowest BCUT2D eigenvalue weighted by Gasteiger charge is -1.92. The molecule has 0 spiro atoms. The summed E-state index contributed by atoms with van der Waals surface area (Å²) in [4.78, 5) is 0. The minimum Gasteiger partial charge on any atom is -0.508 e. The number of hydrogen-bond acceptors (Lipinski definition) is 1. The molecule has 0 bridgehead atoms. The zero-order chi connectivity index (χ0) is 12.0. The van der Waals surface area contributed by atoms with Gasteiger partial charge in [-0.15, -0.1) is 0 Å². The van der Waals surface area contributed by atoms with Crippen molar-refractivity contribution in [2.24, 2.45) is 0 Å². The Morgan fingerprint density at radius 2 is 2.38 bits per heavy atom. The van der Waals surface area contributed by atoms with E-state index >= 15 is 0 Å². The summed E-state index contributed by atoms with van der Waals surface area (Å²) in [6, 6.07) is -2.77. The van der Waals surface area contributed by atoms with Crippen molar-refractivity contribution in [2.75, 3.05) is 0 Å². The molecule has 0 unspecified atom stereocenters. The lowest BCUT2D eigenvalue weighted by molar-refractivity contribution is 0.471. The van der Waals surface area contributed by atoms with E-state index in [2.05, 4.69) is 0 Å². The molecule has 0 saturated carbocycles. The third kappa shape index (κ3) is 0.808. The van der Waals surface area contributed by atoms with Crippen LogP contribution in [0, 0.1) is 6.85 Å². The summed E-state index contributed by atoms with van der Waals surface area (Å²) in [5.74, 6) is -0.916. The monoisotopic (exact) mass is 115 g/mol. The summed E-state index contributed by atoms with van der Waals surface area (Å²) in [5.41, 5.74) is -0.742. The van der Waals surface area contributed by atoms with E-state index < -0.39 is 42.3 Å². The van der Waals surface area contributed by atoms with Crippen LogP contribution in [-0.4, -0.2) is 5.11 Å². The first kappa shape index (κ1) is 1.29. The van der Waals surface area contributed by atoms with Crippen LogP contribution in [0.3, 0.4) is 0 Å². The predicted octanol–water partition coefficient (Wildman–Crippen LogP) is 1.70. The van der Waals surface area contributed by atoms with E-state index in [0.717, 1.165) is 0 Å². The van der Waals surface area contributed by atoms with Crippen molar-refractivity contribution < 1.29 is 14.7 Å². The highest BCUT2D eigenvalue weighted by Gasteiger charge is 1.86. The molecule has 0 aliphatic heterocycles. The average Bonchev–Trinajstić information content (AvgIpc) is 2.09. The second kappa shape index (κ2) is 1.86. The highest BCUT2D eigenvalue weighted by atomic mass is 16.3. The SMILES string of the molecule is [2H]c1c([2H])c([2H])c(C([2H])([2H])[2H])c(O)c1[2H]. The second-order valence-corrected chi connectivity index (χ2v) is 1.22. The fourth-order valence-electron chi connectivity index (χ4n) is 0.306. The molecule has 0 heterocycles. The number of hydrogen-bond donors (Lipinski definition) is 1. The standard InChI is InChI=1S/C7H8O/c1-6-4-2-3-5-7(6)8/h2-5,8H,1H3/i1D3,2D,3D,4D,5D. The molecule has 0 aromatic heterocycles. The first-order valence-electron chi connectivity index (χ1n) is 5.47. The number of rotatable bonds is 0. The molecule has 1 N–H and O–H groups in total. The Kier molecular flexibility index (Phi) is 0.302. The van der Waals surface area contributed by atoms with Crippen molar-refractivity contribution in [1.29, 1.82) is 0 Å². The number of phenols is 1. The maximum absolute atomic E-state index is 9.35. The first-order valence-corrected chi connectivity index (χ1v) is 1.97. The largest absolute Gasteiger partial charge is 0.508 e. The van der Waals surface area contributed by atoms with Gasteiger partial charge >= 0.3 is 0 Å². The third-order valence-corrected chi connectivity index (χ3v) is 0.668. The number of aromatic hydroxyl groups is 1.